The van der Waals surface area contributed by atoms with Crippen molar-refractivity contribution < 1.29 is 9.84 Å². The molecule has 1 aliphatic heterocycles. The molecule has 0 unspecified atom stereocenters. The molecule has 0 spiro atoms. The maximum Gasteiger partial charge on any atom is 0.240 e. The van der Waals surface area contributed by atoms with Gasteiger partial charge in [0, 0.05) is 37.5 Å². The van der Waals surface area contributed by atoms with Crippen LogP contribution >= 0.6 is 11.3 Å². The number of nitrogen functional groups attached to an aromatic ring is 1. The van der Waals surface area contributed by atoms with Crippen LogP contribution in [0.15, 0.2) is 6.07 Å². The average molecular weight is 309 g/mol. The summed E-state index contributed by atoms with van der Waals surface area (Å²) in [5.41, 5.74) is 1.73. The van der Waals surface area contributed by atoms with Crippen molar-refractivity contribution in [3.05, 3.63) is 10.9 Å². The third-order valence-electron chi connectivity index (χ3n) is 3.65. The highest BCUT2D eigenvalue weighted by molar-refractivity contribution is 7.18. The van der Waals surface area contributed by atoms with Gasteiger partial charge in [-0.1, -0.05) is 0 Å². The lowest BCUT2D eigenvalue weighted by atomic mass is 9.94. The van der Waals surface area contributed by atoms with Gasteiger partial charge in [0.15, 0.2) is 0 Å². The van der Waals surface area contributed by atoms with Crippen LogP contribution < -0.4 is 16.6 Å². The van der Waals surface area contributed by atoms with E-state index in [2.05, 4.69) is 20.7 Å². The quantitative estimate of drug-likeness (QED) is 0.497. The lowest BCUT2D eigenvalue weighted by Crippen LogP contribution is -2.42. The highest BCUT2D eigenvalue weighted by atomic mass is 32.1. The van der Waals surface area contributed by atoms with Crippen molar-refractivity contribution in [2.24, 2.45) is 5.84 Å². The van der Waals surface area contributed by atoms with Crippen LogP contribution in [0.2, 0.25) is 0 Å². The van der Waals surface area contributed by atoms with Gasteiger partial charge in [0.05, 0.1) is 11.0 Å². The predicted molar refractivity (Wildman–Crippen MR) is 83.5 cm³/mol. The van der Waals surface area contributed by atoms with Gasteiger partial charge in [-0.2, -0.15) is 4.98 Å². The zero-order valence-electron chi connectivity index (χ0n) is 11.8. The van der Waals surface area contributed by atoms with Gasteiger partial charge in [-0.15, -0.1) is 11.3 Å². The maximum atomic E-state index is 10.5. The minimum absolute atomic E-state index is 0.366. The largest absolute Gasteiger partial charge is 0.388 e. The van der Waals surface area contributed by atoms with E-state index in [9.17, 15) is 5.11 Å². The minimum Gasteiger partial charge on any atom is -0.388 e. The summed E-state index contributed by atoms with van der Waals surface area (Å²) in [6, 6.07) is 2.04. The van der Waals surface area contributed by atoms with Gasteiger partial charge in [0.2, 0.25) is 5.95 Å². The number of fused-ring (bicyclic) bond motifs is 1. The molecule has 1 saturated heterocycles. The van der Waals surface area contributed by atoms with E-state index in [1.807, 2.05) is 13.0 Å². The molecule has 0 atom stereocenters. The number of nitrogens with two attached hydrogens (primary N) is 1. The Labute approximate surface area is 126 Å². The third kappa shape index (κ3) is 3.08. The second kappa shape index (κ2) is 5.72. The van der Waals surface area contributed by atoms with E-state index < -0.39 is 5.60 Å². The van der Waals surface area contributed by atoms with Crippen molar-refractivity contribution in [3.8, 4) is 0 Å². The van der Waals surface area contributed by atoms with Crippen LogP contribution in [0.25, 0.3) is 10.2 Å². The molecule has 0 bridgehead atoms. The van der Waals surface area contributed by atoms with Gasteiger partial charge in [0.1, 0.15) is 10.6 Å². The number of nitrogens with one attached hydrogen (secondary N) is 2. The van der Waals surface area contributed by atoms with Gasteiger partial charge >= 0.3 is 0 Å². The molecule has 21 heavy (non-hydrogen) atoms. The van der Waals surface area contributed by atoms with E-state index in [0.29, 0.717) is 44.4 Å². The van der Waals surface area contributed by atoms with Crippen LogP contribution in [-0.2, 0) is 4.74 Å². The number of hydrazine groups is 1. The maximum absolute atomic E-state index is 10.5. The van der Waals surface area contributed by atoms with Gasteiger partial charge in [-0.25, -0.2) is 10.8 Å². The molecule has 0 aliphatic carbocycles. The predicted octanol–water partition coefficient (Wildman–Crippen LogP) is 1.24. The zero-order valence-corrected chi connectivity index (χ0v) is 12.7. The van der Waals surface area contributed by atoms with Crippen LogP contribution in [0.4, 0.5) is 11.8 Å². The summed E-state index contributed by atoms with van der Waals surface area (Å²) in [6.45, 7) is 3.63. The highest BCUT2D eigenvalue weighted by Gasteiger charge is 2.29. The Hall–Kier alpha value is -1.48. The van der Waals surface area contributed by atoms with E-state index in [-0.39, 0.29) is 0 Å². The second-order valence-electron chi connectivity index (χ2n) is 5.31. The van der Waals surface area contributed by atoms with E-state index in [1.165, 1.54) is 0 Å². The molecule has 1 fully saturated rings. The van der Waals surface area contributed by atoms with Crippen molar-refractivity contribution in [2.75, 3.05) is 30.5 Å². The SMILES string of the molecule is Cc1cc2c(NCC3(O)CCOCC3)nc(NN)nc2s1. The van der Waals surface area contributed by atoms with Gasteiger partial charge in [-0.05, 0) is 13.0 Å². The van der Waals surface area contributed by atoms with E-state index in [0.717, 1.165) is 15.1 Å². The Morgan fingerprint density at radius 3 is 2.90 bits per heavy atom. The van der Waals surface area contributed by atoms with Crippen molar-refractivity contribution in [3.63, 3.8) is 0 Å². The fourth-order valence-corrected chi connectivity index (χ4v) is 3.30. The first kappa shape index (κ1) is 14.5. The first-order valence-corrected chi connectivity index (χ1v) is 7.70. The minimum atomic E-state index is -0.753. The summed E-state index contributed by atoms with van der Waals surface area (Å²) in [7, 11) is 0. The number of nitrogens with zero attached hydrogens (tertiary/aromatic N) is 2. The van der Waals surface area contributed by atoms with Crippen LogP contribution in [0.3, 0.4) is 0 Å². The molecule has 2 aromatic heterocycles. The van der Waals surface area contributed by atoms with Crippen molar-refractivity contribution in [1.82, 2.24) is 9.97 Å². The molecule has 0 saturated carbocycles. The number of anilines is 2. The van der Waals surface area contributed by atoms with Gasteiger partial charge in [-0.3, -0.25) is 5.43 Å². The normalized spacial score (nSPS) is 17.9. The number of rotatable bonds is 4. The van der Waals surface area contributed by atoms with Crippen molar-refractivity contribution in [2.45, 2.75) is 25.4 Å². The topological polar surface area (TPSA) is 105 Å². The summed E-state index contributed by atoms with van der Waals surface area (Å²) >= 11 is 1.59. The third-order valence-corrected chi connectivity index (χ3v) is 4.60. The van der Waals surface area contributed by atoms with Gasteiger partial charge < -0.3 is 15.2 Å². The molecule has 1 aliphatic rings. The summed E-state index contributed by atoms with van der Waals surface area (Å²) in [5, 5.41) is 14.7. The lowest BCUT2D eigenvalue weighted by molar-refractivity contribution is -0.0543. The molecule has 2 aromatic rings. The molecule has 0 aromatic carbocycles. The molecule has 3 heterocycles. The smallest absolute Gasteiger partial charge is 0.240 e. The molecular formula is C13H19N5O2S. The zero-order chi connectivity index (χ0) is 14.9. The Balaban J connectivity index is 1.85. The summed E-state index contributed by atoms with van der Waals surface area (Å²) in [5.74, 6) is 6.48. The number of aromatic nitrogens is 2. The monoisotopic (exact) mass is 309 g/mol. The summed E-state index contributed by atoms with van der Waals surface area (Å²) < 4.78 is 5.29. The molecular weight excluding hydrogens is 290 g/mol. The number of aliphatic hydroxyl groups is 1. The average Bonchev–Trinajstić information content (AvgIpc) is 2.85. The Morgan fingerprint density at radius 2 is 2.19 bits per heavy atom. The van der Waals surface area contributed by atoms with Gasteiger partial charge in [0.25, 0.3) is 0 Å². The second-order valence-corrected chi connectivity index (χ2v) is 6.54. The van der Waals surface area contributed by atoms with Crippen LogP contribution in [0.5, 0.6) is 0 Å². The fourth-order valence-electron chi connectivity index (χ4n) is 2.42. The standard InChI is InChI=1S/C13H19N5O2S/c1-8-6-9-10(16-12(18-14)17-11(9)21-8)15-7-13(19)2-4-20-5-3-13/h6,19H,2-5,7,14H2,1H3,(H2,15,16,17,18). The lowest BCUT2D eigenvalue weighted by Gasteiger charge is -2.32. The fraction of sp³-hybridized carbons (Fsp3) is 0.538. The van der Waals surface area contributed by atoms with Crippen molar-refractivity contribution in [1.29, 1.82) is 0 Å². The van der Waals surface area contributed by atoms with Crippen LogP contribution in [-0.4, -0.2) is 40.4 Å². The van der Waals surface area contributed by atoms with E-state index in [1.54, 1.807) is 11.3 Å². The molecule has 3 rings (SSSR count). The number of aryl methyl sites for hydroxylation is 1. The summed E-state index contributed by atoms with van der Waals surface area (Å²) in [6.07, 6.45) is 1.25. The van der Waals surface area contributed by atoms with E-state index in [4.69, 9.17) is 10.6 Å². The van der Waals surface area contributed by atoms with Crippen LogP contribution in [0.1, 0.15) is 17.7 Å². The Kier molecular flexibility index (Phi) is 3.94. The van der Waals surface area contributed by atoms with Crippen LogP contribution in [0, 0.1) is 6.92 Å². The Bertz CT molecular complexity index is 639. The first-order chi connectivity index (χ1) is 10.1. The molecule has 7 nitrogen and oxygen atoms in total. The molecule has 8 heteroatoms. The number of hydrogen-bond donors (Lipinski definition) is 4. The van der Waals surface area contributed by atoms with Crippen molar-refractivity contribution >= 4 is 33.3 Å². The first-order valence-electron chi connectivity index (χ1n) is 6.88. The van der Waals surface area contributed by atoms with E-state index >= 15 is 0 Å². The molecule has 0 amide bonds. The highest BCUT2D eigenvalue weighted by Crippen LogP contribution is 2.30. The molecule has 0 radical (unpaired) electrons. The summed E-state index contributed by atoms with van der Waals surface area (Å²) in [4.78, 5) is 10.7. The molecule has 5 N–H and O–H groups in total. The number of ether oxygens (including phenoxy) is 1. The molecule has 114 valence electrons. The number of hydrogen-bond acceptors (Lipinski definition) is 8. The Morgan fingerprint density at radius 1 is 1.43 bits per heavy atom. The number of thiophene rings is 1.